The minimum absolute atomic E-state index is 0.325. The van der Waals surface area contributed by atoms with Gasteiger partial charge in [0, 0.05) is 6.61 Å². The summed E-state index contributed by atoms with van der Waals surface area (Å²) in [6, 6.07) is 0. The zero-order valence-corrected chi connectivity index (χ0v) is 13.1. The molecule has 3 nitrogen and oxygen atoms in total. The number of ether oxygens (including phenoxy) is 3. The second kappa shape index (κ2) is 9.75. The molecule has 3 heteroatoms. The Morgan fingerprint density at radius 1 is 0.900 bits per heavy atom. The van der Waals surface area contributed by atoms with Crippen LogP contribution in [0.4, 0.5) is 0 Å². The lowest BCUT2D eigenvalue weighted by Crippen LogP contribution is -2.09. The lowest BCUT2D eigenvalue weighted by Gasteiger charge is -2.03. The third kappa shape index (κ3) is 7.05. The van der Waals surface area contributed by atoms with Crippen molar-refractivity contribution >= 4 is 0 Å². The Kier molecular flexibility index (Phi) is 7.92. The monoisotopic (exact) mass is 284 g/mol. The van der Waals surface area contributed by atoms with E-state index in [0.29, 0.717) is 18.3 Å². The molecule has 20 heavy (non-hydrogen) atoms. The molecule has 0 aromatic carbocycles. The molecule has 2 aliphatic heterocycles. The van der Waals surface area contributed by atoms with Crippen LogP contribution in [0.1, 0.15) is 71.1 Å². The van der Waals surface area contributed by atoms with Crippen LogP contribution in [0, 0.1) is 0 Å². The summed E-state index contributed by atoms with van der Waals surface area (Å²) >= 11 is 0. The van der Waals surface area contributed by atoms with Crippen molar-refractivity contribution in [3.63, 3.8) is 0 Å². The molecule has 118 valence electrons. The molecule has 0 amide bonds. The summed E-state index contributed by atoms with van der Waals surface area (Å²) in [6.07, 6.45) is 14.8. The molecule has 2 rings (SSSR count). The molecule has 0 aliphatic carbocycles. The minimum Gasteiger partial charge on any atom is -0.379 e. The van der Waals surface area contributed by atoms with Crippen molar-refractivity contribution in [1.29, 1.82) is 0 Å². The highest BCUT2D eigenvalue weighted by Gasteiger charge is 2.50. The van der Waals surface area contributed by atoms with Gasteiger partial charge in [-0.3, -0.25) is 0 Å². The first-order valence-corrected chi connectivity index (χ1v) is 8.76. The molecule has 3 atom stereocenters. The number of hydrogen-bond donors (Lipinski definition) is 0. The van der Waals surface area contributed by atoms with Gasteiger partial charge in [-0.05, 0) is 6.42 Å². The van der Waals surface area contributed by atoms with E-state index in [1.807, 2.05) is 0 Å². The molecular formula is C17H32O3. The Labute approximate surface area is 124 Å². The van der Waals surface area contributed by atoms with Crippen molar-refractivity contribution in [2.24, 2.45) is 0 Å². The molecule has 2 fully saturated rings. The summed E-state index contributed by atoms with van der Waals surface area (Å²) in [4.78, 5) is 0. The van der Waals surface area contributed by atoms with Gasteiger partial charge in [0.05, 0.1) is 13.2 Å². The summed E-state index contributed by atoms with van der Waals surface area (Å²) in [5.74, 6) is 0. The maximum absolute atomic E-state index is 5.66. The van der Waals surface area contributed by atoms with Crippen LogP contribution >= 0.6 is 0 Å². The summed E-state index contributed by atoms with van der Waals surface area (Å²) in [6.45, 7) is 4.83. The van der Waals surface area contributed by atoms with E-state index in [2.05, 4.69) is 6.92 Å². The van der Waals surface area contributed by atoms with Gasteiger partial charge in [-0.25, -0.2) is 0 Å². The molecule has 0 radical (unpaired) electrons. The largest absolute Gasteiger partial charge is 0.379 e. The van der Waals surface area contributed by atoms with Gasteiger partial charge < -0.3 is 14.2 Å². The van der Waals surface area contributed by atoms with Gasteiger partial charge in [-0.1, -0.05) is 64.7 Å². The average Bonchev–Trinajstić information content (AvgIpc) is 3.33. The van der Waals surface area contributed by atoms with Crippen molar-refractivity contribution in [3.8, 4) is 0 Å². The summed E-state index contributed by atoms with van der Waals surface area (Å²) in [7, 11) is 0. The van der Waals surface area contributed by atoms with Gasteiger partial charge >= 0.3 is 0 Å². The zero-order valence-electron chi connectivity index (χ0n) is 13.1. The molecule has 3 unspecified atom stereocenters. The Hall–Kier alpha value is -0.120. The first-order valence-electron chi connectivity index (χ1n) is 8.76. The minimum atomic E-state index is 0.325. The van der Waals surface area contributed by atoms with Gasteiger partial charge in [0.25, 0.3) is 0 Å². The van der Waals surface area contributed by atoms with Crippen molar-refractivity contribution in [2.45, 2.75) is 89.4 Å². The van der Waals surface area contributed by atoms with E-state index in [1.54, 1.807) is 0 Å². The van der Waals surface area contributed by atoms with Crippen LogP contribution in [0.5, 0.6) is 0 Å². The molecule has 2 aliphatic rings. The van der Waals surface area contributed by atoms with Crippen molar-refractivity contribution < 1.29 is 14.2 Å². The molecule has 0 spiro atoms. The molecular weight excluding hydrogens is 252 g/mol. The van der Waals surface area contributed by atoms with Crippen molar-refractivity contribution in [3.05, 3.63) is 0 Å². The third-order valence-electron chi connectivity index (χ3n) is 4.27. The lowest BCUT2D eigenvalue weighted by atomic mass is 10.1. The average molecular weight is 284 g/mol. The highest BCUT2D eigenvalue weighted by atomic mass is 16.7. The number of hydrogen-bond acceptors (Lipinski definition) is 3. The smallest absolute Gasteiger partial charge is 0.115 e. The first kappa shape index (κ1) is 16.3. The fourth-order valence-electron chi connectivity index (χ4n) is 2.75. The highest BCUT2D eigenvalue weighted by molar-refractivity contribution is 4.96. The van der Waals surface area contributed by atoms with Crippen LogP contribution in [-0.4, -0.2) is 38.1 Å². The number of unbranched alkanes of at least 4 members (excludes halogenated alkanes) is 9. The van der Waals surface area contributed by atoms with Gasteiger partial charge in [0.15, 0.2) is 0 Å². The van der Waals surface area contributed by atoms with E-state index in [4.69, 9.17) is 14.2 Å². The third-order valence-corrected chi connectivity index (χ3v) is 4.27. The maximum Gasteiger partial charge on any atom is 0.115 e. The van der Waals surface area contributed by atoms with Gasteiger partial charge in [0.2, 0.25) is 0 Å². The summed E-state index contributed by atoms with van der Waals surface area (Å²) < 4.78 is 16.3. The molecule has 2 saturated heterocycles. The van der Waals surface area contributed by atoms with E-state index < -0.39 is 0 Å². The molecule has 0 aromatic rings. The van der Waals surface area contributed by atoms with Crippen LogP contribution in [0.2, 0.25) is 0 Å². The highest BCUT2D eigenvalue weighted by Crippen LogP contribution is 2.33. The molecule has 0 saturated carbocycles. The second-order valence-corrected chi connectivity index (χ2v) is 6.27. The van der Waals surface area contributed by atoms with Crippen LogP contribution < -0.4 is 0 Å². The predicted octanol–water partition coefficient (Wildman–Crippen LogP) is 4.09. The standard InChI is InChI=1S/C17H32O3/c1-2-3-4-5-6-7-8-9-10-11-12-18-13-16-17(20-16)15-14-19-15/h15-17H,2-14H2,1H3. The van der Waals surface area contributed by atoms with Crippen LogP contribution in [0.25, 0.3) is 0 Å². The number of epoxide rings is 2. The zero-order chi connectivity index (χ0) is 14.0. The van der Waals surface area contributed by atoms with E-state index in [9.17, 15) is 0 Å². The van der Waals surface area contributed by atoms with E-state index in [1.165, 1.54) is 64.2 Å². The predicted molar refractivity (Wildman–Crippen MR) is 81.1 cm³/mol. The first-order chi connectivity index (χ1) is 9.92. The second-order valence-electron chi connectivity index (χ2n) is 6.27. The molecule has 0 bridgehead atoms. The molecule has 2 heterocycles. The molecule has 0 aromatic heterocycles. The fourth-order valence-corrected chi connectivity index (χ4v) is 2.75. The normalized spacial score (nSPS) is 27.8. The lowest BCUT2D eigenvalue weighted by molar-refractivity contribution is 0.113. The quantitative estimate of drug-likeness (QED) is 0.356. The number of rotatable bonds is 14. The van der Waals surface area contributed by atoms with Crippen molar-refractivity contribution in [1.82, 2.24) is 0 Å². The van der Waals surface area contributed by atoms with E-state index in [0.717, 1.165) is 19.8 Å². The topological polar surface area (TPSA) is 34.3 Å². The van der Waals surface area contributed by atoms with Gasteiger partial charge in [-0.2, -0.15) is 0 Å². The Morgan fingerprint density at radius 2 is 1.50 bits per heavy atom. The Morgan fingerprint density at radius 3 is 2.10 bits per heavy atom. The van der Waals surface area contributed by atoms with Crippen LogP contribution in [-0.2, 0) is 14.2 Å². The van der Waals surface area contributed by atoms with Crippen molar-refractivity contribution in [2.75, 3.05) is 19.8 Å². The fraction of sp³-hybridized carbons (Fsp3) is 1.00. The van der Waals surface area contributed by atoms with Crippen LogP contribution in [0.3, 0.4) is 0 Å². The molecule has 0 N–H and O–H groups in total. The SMILES string of the molecule is CCCCCCCCCCCCOCC1OC1C1CO1. The maximum atomic E-state index is 5.66. The van der Waals surface area contributed by atoms with Gasteiger partial charge in [0.1, 0.15) is 18.3 Å². The summed E-state index contributed by atoms with van der Waals surface area (Å²) in [5.41, 5.74) is 0. The van der Waals surface area contributed by atoms with E-state index >= 15 is 0 Å². The summed E-state index contributed by atoms with van der Waals surface area (Å²) in [5, 5.41) is 0. The van der Waals surface area contributed by atoms with Gasteiger partial charge in [-0.15, -0.1) is 0 Å². The Balaban J connectivity index is 1.23. The van der Waals surface area contributed by atoms with E-state index in [-0.39, 0.29) is 0 Å². The Bertz CT molecular complexity index is 240. The van der Waals surface area contributed by atoms with Crippen LogP contribution in [0.15, 0.2) is 0 Å².